The van der Waals surface area contributed by atoms with Crippen LogP contribution in [0.3, 0.4) is 0 Å². The molecule has 0 spiro atoms. The Morgan fingerprint density at radius 1 is 1.18 bits per heavy atom. The second kappa shape index (κ2) is 8.81. The van der Waals surface area contributed by atoms with E-state index in [1.165, 1.54) is 23.5 Å². The number of pyridine rings is 1. The van der Waals surface area contributed by atoms with Crippen LogP contribution in [0.5, 0.6) is 11.8 Å². The van der Waals surface area contributed by atoms with Crippen LogP contribution in [-0.2, 0) is 16.5 Å². The number of nitrogens with one attached hydrogen (secondary N) is 1. The first-order chi connectivity index (χ1) is 13.4. The molecular weight excluding hydrogens is 402 g/mol. The molecule has 0 bridgehead atoms. The quantitative estimate of drug-likeness (QED) is 0.559. The van der Waals surface area contributed by atoms with Crippen LogP contribution in [0.15, 0.2) is 54.0 Å². The highest BCUT2D eigenvalue weighted by molar-refractivity contribution is 7.86. The molecule has 2 heterocycles. The standard InChI is InChI=1S/C18H17N3O5S2/c1-28(23,24)26-16-12-14(17(22)21-18-19-8-10-27-18)11-15(20-16)25-9-7-13-5-3-2-4-6-13/h2-6,8,10-12H,7,9H2,1H3,(H,19,21,22). The Kier molecular flexibility index (Phi) is 6.22. The highest BCUT2D eigenvalue weighted by atomic mass is 32.2. The predicted molar refractivity (Wildman–Crippen MR) is 105 cm³/mol. The van der Waals surface area contributed by atoms with Crippen LogP contribution >= 0.6 is 11.3 Å². The summed E-state index contributed by atoms with van der Waals surface area (Å²) in [6, 6.07) is 12.4. The zero-order valence-corrected chi connectivity index (χ0v) is 16.5. The lowest BCUT2D eigenvalue weighted by molar-refractivity contribution is 0.102. The van der Waals surface area contributed by atoms with E-state index in [1.807, 2.05) is 30.3 Å². The maximum atomic E-state index is 12.4. The normalized spacial score (nSPS) is 11.0. The molecule has 3 rings (SSSR count). The number of amides is 1. The van der Waals surface area contributed by atoms with Crippen molar-refractivity contribution in [2.24, 2.45) is 0 Å². The molecule has 0 saturated carbocycles. The largest absolute Gasteiger partial charge is 0.477 e. The van der Waals surface area contributed by atoms with E-state index >= 15 is 0 Å². The first kappa shape index (κ1) is 19.8. The Morgan fingerprint density at radius 2 is 1.93 bits per heavy atom. The average molecular weight is 419 g/mol. The van der Waals surface area contributed by atoms with Crippen LogP contribution < -0.4 is 14.2 Å². The van der Waals surface area contributed by atoms with Crippen LogP contribution in [-0.4, -0.2) is 37.2 Å². The van der Waals surface area contributed by atoms with Gasteiger partial charge in [0.2, 0.25) is 11.8 Å². The minimum atomic E-state index is -3.81. The molecule has 0 aliphatic carbocycles. The topological polar surface area (TPSA) is 107 Å². The van der Waals surface area contributed by atoms with Crippen molar-refractivity contribution in [3.8, 4) is 11.8 Å². The van der Waals surface area contributed by atoms with Crippen LogP contribution in [0, 0.1) is 0 Å². The zero-order valence-electron chi connectivity index (χ0n) is 14.9. The fraction of sp³-hybridized carbons (Fsp3) is 0.167. The average Bonchev–Trinajstić information content (AvgIpc) is 3.14. The van der Waals surface area contributed by atoms with Crippen LogP contribution in [0.25, 0.3) is 0 Å². The van der Waals surface area contributed by atoms with Crippen LogP contribution in [0.2, 0.25) is 0 Å². The number of benzene rings is 1. The van der Waals surface area contributed by atoms with Crippen LogP contribution in [0.1, 0.15) is 15.9 Å². The summed E-state index contributed by atoms with van der Waals surface area (Å²) >= 11 is 1.26. The second-order valence-electron chi connectivity index (χ2n) is 5.70. The molecule has 1 aromatic carbocycles. The van der Waals surface area contributed by atoms with Gasteiger partial charge in [-0.1, -0.05) is 30.3 Å². The van der Waals surface area contributed by atoms with E-state index in [4.69, 9.17) is 8.92 Å². The number of aromatic nitrogens is 2. The maximum Gasteiger partial charge on any atom is 0.307 e. The van der Waals surface area contributed by atoms with Crippen molar-refractivity contribution < 1.29 is 22.1 Å². The number of hydrogen-bond acceptors (Lipinski definition) is 8. The third-order valence-electron chi connectivity index (χ3n) is 3.41. The Labute approximate surface area is 166 Å². The van der Waals surface area contributed by atoms with Crippen molar-refractivity contribution >= 4 is 32.5 Å². The molecule has 10 heteroatoms. The highest BCUT2D eigenvalue weighted by Crippen LogP contribution is 2.21. The van der Waals surface area contributed by atoms with E-state index in [2.05, 4.69) is 15.3 Å². The first-order valence-corrected chi connectivity index (χ1v) is 10.9. The number of rotatable bonds is 8. The summed E-state index contributed by atoms with van der Waals surface area (Å²) in [6.45, 7) is 0.298. The van der Waals surface area contributed by atoms with Crippen LogP contribution in [0.4, 0.5) is 5.13 Å². The summed E-state index contributed by atoms with van der Waals surface area (Å²) in [5.74, 6) is -0.644. The summed E-state index contributed by atoms with van der Waals surface area (Å²) in [4.78, 5) is 20.4. The summed E-state index contributed by atoms with van der Waals surface area (Å²) in [5, 5.41) is 4.75. The van der Waals surface area contributed by atoms with E-state index < -0.39 is 16.0 Å². The highest BCUT2D eigenvalue weighted by Gasteiger charge is 2.15. The van der Waals surface area contributed by atoms with Crippen molar-refractivity contribution in [3.05, 3.63) is 65.2 Å². The Balaban J connectivity index is 1.77. The molecule has 0 unspecified atom stereocenters. The third kappa shape index (κ3) is 6.03. The first-order valence-electron chi connectivity index (χ1n) is 8.18. The summed E-state index contributed by atoms with van der Waals surface area (Å²) in [5.41, 5.74) is 1.21. The van der Waals surface area contributed by atoms with Gasteiger partial charge in [0, 0.05) is 30.1 Å². The number of anilines is 1. The van der Waals surface area contributed by atoms with E-state index in [-0.39, 0.29) is 17.3 Å². The SMILES string of the molecule is CS(=O)(=O)Oc1cc(C(=O)Nc2nccs2)cc(OCCc2ccccc2)n1. The molecule has 1 amide bonds. The van der Waals surface area contributed by atoms with Crippen molar-refractivity contribution in [3.63, 3.8) is 0 Å². The van der Waals surface area contributed by atoms with Gasteiger partial charge in [0.25, 0.3) is 5.91 Å². The molecule has 0 aliphatic heterocycles. The molecule has 8 nitrogen and oxygen atoms in total. The monoisotopic (exact) mass is 419 g/mol. The predicted octanol–water partition coefficient (Wildman–Crippen LogP) is 2.75. The van der Waals surface area contributed by atoms with E-state index in [0.29, 0.717) is 18.2 Å². The lowest BCUT2D eigenvalue weighted by atomic mass is 10.2. The molecule has 0 aliphatic rings. The molecule has 1 N–H and O–H groups in total. The van der Waals surface area contributed by atoms with Crippen molar-refractivity contribution in [2.75, 3.05) is 18.2 Å². The van der Waals surface area contributed by atoms with E-state index in [9.17, 15) is 13.2 Å². The van der Waals surface area contributed by atoms with Crippen molar-refractivity contribution in [1.82, 2.24) is 9.97 Å². The fourth-order valence-corrected chi connectivity index (χ4v) is 3.18. The van der Waals surface area contributed by atoms with Gasteiger partial charge in [0.05, 0.1) is 18.4 Å². The Morgan fingerprint density at radius 3 is 2.61 bits per heavy atom. The van der Waals surface area contributed by atoms with E-state index in [1.54, 1.807) is 11.6 Å². The van der Waals surface area contributed by atoms with Gasteiger partial charge in [-0.25, -0.2) is 4.98 Å². The van der Waals surface area contributed by atoms with Gasteiger partial charge in [0.15, 0.2) is 5.13 Å². The second-order valence-corrected chi connectivity index (χ2v) is 8.16. The number of nitrogens with zero attached hydrogens (tertiary/aromatic N) is 2. The van der Waals surface area contributed by atoms with Crippen molar-refractivity contribution in [1.29, 1.82) is 0 Å². The van der Waals surface area contributed by atoms with Gasteiger partial charge in [-0.3, -0.25) is 10.1 Å². The van der Waals surface area contributed by atoms with Gasteiger partial charge in [-0.05, 0) is 5.56 Å². The molecule has 3 aromatic rings. The summed E-state index contributed by atoms with van der Waals surface area (Å²) in [6.07, 6.45) is 3.08. The fourth-order valence-electron chi connectivity index (χ4n) is 2.26. The molecule has 0 atom stereocenters. The molecule has 0 saturated heterocycles. The minimum absolute atomic E-state index is 0.0846. The van der Waals surface area contributed by atoms with Gasteiger partial charge in [-0.2, -0.15) is 13.4 Å². The zero-order chi connectivity index (χ0) is 20.0. The maximum absolute atomic E-state index is 12.4. The van der Waals surface area contributed by atoms with Gasteiger partial charge < -0.3 is 8.92 Å². The number of carbonyl (C=O) groups excluding carboxylic acids is 1. The molecule has 0 radical (unpaired) electrons. The summed E-state index contributed by atoms with van der Waals surface area (Å²) < 4.78 is 33.3. The molecule has 146 valence electrons. The molecule has 2 aromatic heterocycles. The third-order valence-corrected chi connectivity index (χ3v) is 4.58. The molecular formula is C18H17N3O5S2. The minimum Gasteiger partial charge on any atom is -0.477 e. The number of thiazole rings is 1. The van der Waals surface area contributed by atoms with E-state index in [0.717, 1.165) is 11.8 Å². The lowest BCUT2D eigenvalue weighted by Gasteiger charge is -2.10. The number of hydrogen-bond donors (Lipinski definition) is 1. The van der Waals surface area contributed by atoms with Gasteiger partial charge >= 0.3 is 10.1 Å². The van der Waals surface area contributed by atoms with Crippen molar-refractivity contribution in [2.45, 2.75) is 6.42 Å². The number of carbonyl (C=O) groups is 1. The van der Waals surface area contributed by atoms with Gasteiger partial charge in [-0.15, -0.1) is 11.3 Å². The Bertz CT molecular complexity index is 1040. The Hall–Kier alpha value is -2.98. The number of ether oxygens (including phenoxy) is 1. The van der Waals surface area contributed by atoms with Gasteiger partial charge in [0.1, 0.15) is 0 Å². The lowest BCUT2D eigenvalue weighted by Crippen LogP contribution is -2.14. The smallest absolute Gasteiger partial charge is 0.307 e. The molecule has 0 fully saturated rings. The summed E-state index contributed by atoms with van der Waals surface area (Å²) in [7, 11) is -3.81. The molecule has 28 heavy (non-hydrogen) atoms.